The van der Waals surface area contributed by atoms with E-state index in [1.54, 1.807) is 24.3 Å². The molecule has 0 aliphatic heterocycles. The minimum absolute atomic E-state index is 0.283. The summed E-state index contributed by atoms with van der Waals surface area (Å²) in [5.74, 6) is -1.06. The van der Waals surface area contributed by atoms with E-state index in [1.807, 2.05) is 5.32 Å². The Kier molecular flexibility index (Phi) is 6.18. The van der Waals surface area contributed by atoms with Crippen molar-refractivity contribution in [1.82, 2.24) is 5.32 Å². The number of aryl methyl sites for hydroxylation is 1. The summed E-state index contributed by atoms with van der Waals surface area (Å²) < 4.78 is 4.54. The van der Waals surface area contributed by atoms with Crippen LogP contribution in [0.15, 0.2) is 24.3 Å². The Balaban J connectivity index is 2.48. The number of nitrogens with one attached hydrogen (secondary N) is 2. The van der Waals surface area contributed by atoms with Gasteiger partial charge >= 0.3 is 12.0 Å². The van der Waals surface area contributed by atoms with Crippen molar-refractivity contribution in [1.29, 1.82) is 0 Å². The maximum Gasteiger partial charge on any atom is 0.325 e. The van der Waals surface area contributed by atoms with Gasteiger partial charge in [0, 0.05) is 12.1 Å². The molecule has 3 N–H and O–H groups in total. The van der Waals surface area contributed by atoms with Gasteiger partial charge in [0.25, 0.3) is 5.91 Å². The molecule has 0 atom stereocenters. The van der Waals surface area contributed by atoms with Crippen molar-refractivity contribution in [3.8, 4) is 0 Å². The second-order valence-corrected chi connectivity index (χ2v) is 3.93. The van der Waals surface area contributed by atoms with Crippen LogP contribution in [0.4, 0.5) is 10.5 Å². The SMILES string of the molecule is COC(=O)CCc1ccc(NC(=O)NC(=O)CO)cc1. The number of esters is 1. The highest BCUT2D eigenvalue weighted by Gasteiger charge is 2.06. The minimum atomic E-state index is -0.780. The van der Waals surface area contributed by atoms with Crippen LogP contribution in [-0.4, -0.2) is 36.7 Å². The van der Waals surface area contributed by atoms with Gasteiger partial charge in [-0.2, -0.15) is 0 Å². The van der Waals surface area contributed by atoms with Crippen LogP contribution in [0.3, 0.4) is 0 Å². The average molecular weight is 280 g/mol. The highest BCUT2D eigenvalue weighted by atomic mass is 16.5. The van der Waals surface area contributed by atoms with Gasteiger partial charge in [0.15, 0.2) is 0 Å². The third kappa shape index (κ3) is 5.49. The largest absolute Gasteiger partial charge is 0.469 e. The Morgan fingerprint density at radius 1 is 1.20 bits per heavy atom. The highest BCUT2D eigenvalue weighted by molar-refractivity contribution is 6.01. The van der Waals surface area contributed by atoms with Crippen molar-refractivity contribution in [2.24, 2.45) is 0 Å². The fraction of sp³-hybridized carbons (Fsp3) is 0.308. The summed E-state index contributed by atoms with van der Waals surface area (Å²) in [7, 11) is 1.33. The van der Waals surface area contributed by atoms with Gasteiger partial charge < -0.3 is 15.2 Å². The molecule has 7 heteroatoms. The van der Waals surface area contributed by atoms with Crippen molar-refractivity contribution >= 4 is 23.6 Å². The van der Waals surface area contributed by atoms with E-state index in [-0.39, 0.29) is 12.4 Å². The van der Waals surface area contributed by atoms with E-state index in [2.05, 4.69) is 10.1 Å². The number of methoxy groups -OCH3 is 1. The molecule has 108 valence electrons. The van der Waals surface area contributed by atoms with Crippen LogP contribution < -0.4 is 10.6 Å². The molecule has 1 aromatic rings. The molecule has 1 rings (SSSR count). The Morgan fingerprint density at radius 3 is 2.40 bits per heavy atom. The first-order valence-electron chi connectivity index (χ1n) is 5.92. The smallest absolute Gasteiger partial charge is 0.325 e. The number of aliphatic hydroxyl groups excluding tert-OH is 1. The quantitative estimate of drug-likeness (QED) is 0.678. The van der Waals surface area contributed by atoms with Crippen LogP contribution in [0.2, 0.25) is 0 Å². The molecule has 0 unspecified atom stereocenters. The fourth-order valence-electron chi connectivity index (χ4n) is 1.43. The molecule has 0 bridgehead atoms. The van der Waals surface area contributed by atoms with Crippen LogP contribution in [0.5, 0.6) is 0 Å². The molecule has 3 amide bonds. The van der Waals surface area contributed by atoms with Gasteiger partial charge in [-0.05, 0) is 24.1 Å². The number of urea groups is 1. The zero-order chi connectivity index (χ0) is 15.0. The molecule has 0 aliphatic carbocycles. The third-order valence-corrected chi connectivity index (χ3v) is 2.45. The standard InChI is InChI=1S/C13H16N2O5/c1-20-12(18)7-4-9-2-5-10(6-3-9)14-13(19)15-11(17)8-16/h2-3,5-6,16H,4,7-8H2,1H3,(H2,14,15,17,19). The van der Waals surface area contributed by atoms with Crippen LogP contribution in [0.1, 0.15) is 12.0 Å². The number of aliphatic hydroxyl groups is 1. The number of carbonyl (C=O) groups excluding carboxylic acids is 3. The van der Waals surface area contributed by atoms with E-state index in [0.717, 1.165) is 5.56 Å². The van der Waals surface area contributed by atoms with Crippen molar-refractivity contribution in [3.05, 3.63) is 29.8 Å². The lowest BCUT2D eigenvalue weighted by molar-refractivity contribution is -0.140. The molecule has 0 spiro atoms. The molecule has 0 radical (unpaired) electrons. The zero-order valence-corrected chi connectivity index (χ0v) is 11.0. The number of rotatable bonds is 5. The summed E-state index contributed by atoms with van der Waals surface area (Å²) in [6.45, 7) is -0.750. The molecule has 0 saturated heterocycles. The Bertz CT molecular complexity index is 484. The first-order valence-corrected chi connectivity index (χ1v) is 5.92. The van der Waals surface area contributed by atoms with Gasteiger partial charge in [-0.3, -0.25) is 14.9 Å². The second-order valence-electron chi connectivity index (χ2n) is 3.93. The number of hydrogen-bond acceptors (Lipinski definition) is 5. The summed E-state index contributed by atoms with van der Waals surface area (Å²) in [5, 5.41) is 12.9. The van der Waals surface area contributed by atoms with E-state index < -0.39 is 18.5 Å². The lowest BCUT2D eigenvalue weighted by Crippen LogP contribution is -2.36. The minimum Gasteiger partial charge on any atom is -0.469 e. The molecule has 0 heterocycles. The molecule has 0 aliphatic rings. The number of imide groups is 1. The summed E-state index contributed by atoms with van der Waals surface area (Å²) in [6.07, 6.45) is 0.830. The topological polar surface area (TPSA) is 105 Å². The Labute approximate surface area is 115 Å². The first-order chi connectivity index (χ1) is 9.55. The van der Waals surface area contributed by atoms with E-state index in [4.69, 9.17) is 5.11 Å². The van der Waals surface area contributed by atoms with Gasteiger partial charge in [0.2, 0.25) is 0 Å². The molecule has 7 nitrogen and oxygen atoms in total. The monoisotopic (exact) mass is 280 g/mol. The normalized spacial score (nSPS) is 9.70. The number of carbonyl (C=O) groups is 3. The molecule has 20 heavy (non-hydrogen) atoms. The van der Waals surface area contributed by atoms with Crippen molar-refractivity contribution in [3.63, 3.8) is 0 Å². The lowest BCUT2D eigenvalue weighted by Gasteiger charge is -2.06. The third-order valence-electron chi connectivity index (χ3n) is 2.45. The van der Waals surface area contributed by atoms with Gasteiger partial charge in [-0.25, -0.2) is 4.79 Å². The van der Waals surface area contributed by atoms with Gasteiger partial charge in [-0.1, -0.05) is 12.1 Å². The molecule has 0 fully saturated rings. The lowest BCUT2D eigenvalue weighted by atomic mass is 10.1. The van der Waals surface area contributed by atoms with Crippen molar-refractivity contribution < 1.29 is 24.2 Å². The number of ether oxygens (including phenoxy) is 1. The summed E-state index contributed by atoms with van der Waals surface area (Å²) in [4.78, 5) is 33.1. The predicted molar refractivity (Wildman–Crippen MR) is 71.0 cm³/mol. The maximum atomic E-state index is 11.3. The summed E-state index contributed by atoms with van der Waals surface area (Å²) in [5.41, 5.74) is 1.42. The van der Waals surface area contributed by atoms with Gasteiger partial charge in [0.05, 0.1) is 7.11 Å². The Morgan fingerprint density at radius 2 is 1.85 bits per heavy atom. The van der Waals surface area contributed by atoms with Crippen molar-refractivity contribution in [2.45, 2.75) is 12.8 Å². The first kappa shape index (κ1) is 15.6. The summed E-state index contributed by atoms with van der Waals surface area (Å²) in [6, 6.07) is 6.09. The molecule has 1 aromatic carbocycles. The van der Waals surface area contributed by atoms with E-state index >= 15 is 0 Å². The number of amides is 3. The number of anilines is 1. The number of hydrogen-bond donors (Lipinski definition) is 3. The zero-order valence-electron chi connectivity index (χ0n) is 11.0. The molecule has 0 aromatic heterocycles. The number of benzene rings is 1. The predicted octanol–water partition coefficient (Wildman–Crippen LogP) is 0.433. The van der Waals surface area contributed by atoms with E-state index in [0.29, 0.717) is 12.1 Å². The van der Waals surface area contributed by atoms with Crippen LogP contribution in [0.25, 0.3) is 0 Å². The van der Waals surface area contributed by atoms with Crippen LogP contribution in [-0.2, 0) is 20.7 Å². The molecular formula is C13H16N2O5. The van der Waals surface area contributed by atoms with Gasteiger partial charge in [-0.15, -0.1) is 0 Å². The molecule has 0 saturated carbocycles. The second kappa shape index (κ2) is 7.90. The summed E-state index contributed by atoms with van der Waals surface area (Å²) >= 11 is 0. The Hall–Kier alpha value is -2.41. The molecular weight excluding hydrogens is 264 g/mol. The van der Waals surface area contributed by atoms with Crippen molar-refractivity contribution in [2.75, 3.05) is 19.0 Å². The van der Waals surface area contributed by atoms with E-state index in [9.17, 15) is 14.4 Å². The average Bonchev–Trinajstić information content (AvgIpc) is 2.45. The highest BCUT2D eigenvalue weighted by Crippen LogP contribution is 2.11. The fourth-order valence-corrected chi connectivity index (χ4v) is 1.43. The van der Waals surface area contributed by atoms with Gasteiger partial charge in [0.1, 0.15) is 6.61 Å². The van der Waals surface area contributed by atoms with Crippen LogP contribution in [0, 0.1) is 0 Å². The van der Waals surface area contributed by atoms with E-state index in [1.165, 1.54) is 7.11 Å². The van der Waals surface area contributed by atoms with Crippen LogP contribution >= 0.6 is 0 Å². The maximum absolute atomic E-state index is 11.3.